The van der Waals surface area contributed by atoms with Crippen molar-refractivity contribution in [3.63, 3.8) is 0 Å². The van der Waals surface area contributed by atoms with Gasteiger partial charge in [0.05, 0.1) is 17.9 Å². The fourth-order valence-corrected chi connectivity index (χ4v) is 3.03. The van der Waals surface area contributed by atoms with E-state index in [1.807, 2.05) is 54.6 Å². The largest absolute Gasteiger partial charge is 0.373 e. The van der Waals surface area contributed by atoms with E-state index in [-0.39, 0.29) is 11.9 Å². The molecule has 24 heavy (non-hydrogen) atoms. The molecule has 1 N–H and O–H groups in total. The Bertz CT molecular complexity index is 838. The second-order valence-corrected chi connectivity index (χ2v) is 6.75. The van der Waals surface area contributed by atoms with Crippen molar-refractivity contribution in [2.45, 2.75) is 10.9 Å². The molecule has 2 aromatic carbocycles. The third-order valence-electron chi connectivity index (χ3n) is 3.66. The van der Waals surface area contributed by atoms with Crippen LogP contribution in [0.5, 0.6) is 0 Å². The van der Waals surface area contributed by atoms with Crippen LogP contribution in [0.3, 0.4) is 0 Å². The molecular weight excluding hydrogens is 323 g/mol. The van der Waals surface area contributed by atoms with Crippen LogP contribution in [0, 0.1) is 5.82 Å². The van der Waals surface area contributed by atoms with Crippen molar-refractivity contribution >= 4 is 16.5 Å². The van der Waals surface area contributed by atoms with E-state index in [1.165, 1.54) is 12.3 Å². The number of pyridine rings is 1. The highest BCUT2D eigenvalue weighted by atomic mass is 32.2. The van der Waals surface area contributed by atoms with Gasteiger partial charge in [0, 0.05) is 27.6 Å². The molecule has 0 spiro atoms. The Balaban J connectivity index is 1.98. The Morgan fingerprint density at radius 1 is 1.04 bits per heavy atom. The standard InChI is InChI=1S/C19H17FN2OS/c1-24(23)17-9-5-8-16(12-17)22-19(14-6-3-2-4-7-14)18-11-10-15(20)13-21-18/h2-13,19,22H,1H3/t19-,24-/m0/s1. The number of aromatic nitrogens is 1. The van der Waals surface area contributed by atoms with Crippen LogP contribution < -0.4 is 5.32 Å². The molecule has 5 heteroatoms. The molecule has 0 aliphatic heterocycles. The van der Waals surface area contributed by atoms with Gasteiger partial charge in [-0.2, -0.15) is 0 Å². The fraction of sp³-hybridized carbons (Fsp3) is 0.105. The van der Waals surface area contributed by atoms with E-state index in [1.54, 1.807) is 12.3 Å². The molecule has 122 valence electrons. The first-order chi connectivity index (χ1) is 11.6. The van der Waals surface area contributed by atoms with E-state index in [2.05, 4.69) is 10.3 Å². The number of nitrogens with one attached hydrogen (secondary N) is 1. The third-order valence-corrected chi connectivity index (χ3v) is 4.57. The van der Waals surface area contributed by atoms with Gasteiger partial charge in [-0.05, 0) is 35.9 Å². The van der Waals surface area contributed by atoms with Gasteiger partial charge in [0.15, 0.2) is 0 Å². The zero-order valence-corrected chi connectivity index (χ0v) is 14.0. The van der Waals surface area contributed by atoms with Gasteiger partial charge in [0.25, 0.3) is 0 Å². The summed E-state index contributed by atoms with van der Waals surface area (Å²) in [6, 6.07) is 20.1. The minimum absolute atomic E-state index is 0.229. The Kier molecular flexibility index (Phi) is 5.01. The molecule has 3 rings (SSSR count). The predicted octanol–water partition coefficient (Wildman–Crippen LogP) is 4.16. The number of hydrogen-bond donors (Lipinski definition) is 1. The Labute approximate surface area is 143 Å². The summed E-state index contributed by atoms with van der Waals surface area (Å²) in [5, 5.41) is 3.41. The molecular formula is C19H17FN2OS. The van der Waals surface area contributed by atoms with Crippen molar-refractivity contribution in [1.82, 2.24) is 4.98 Å². The number of rotatable bonds is 5. The minimum Gasteiger partial charge on any atom is -0.373 e. The van der Waals surface area contributed by atoms with E-state index in [4.69, 9.17) is 0 Å². The average Bonchev–Trinajstić information content (AvgIpc) is 2.61. The van der Waals surface area contributed by atoms with E-state index in [9.17, 15) is 8.60 Å². The summed E-state index contributed by atoms with van der Waals surface area (Å²) in [5.74, 6) is -0.367. The van der Waals surface area contributed by atoms with Crippen molar-refractivity contribution in [3.8, 4) is 0 Å². The lowest BCUT2D eigenvalue weighted by Gasteiger charge is -2.20. The lowest BCUT2D eigenvalue weighted by atomic mass is 10.0. The number of benzene rings is 2. The first kappa shape index (κ1) is 16.3. The van der Waals surface area contributed by atoms with Crippen molar-refractivity contribution in [2.24, 2.45) is 0 Å². The number of halogens is 1. The second kappa shape index (κ2) is 7.36. The molecule has 0 unspecified atom stereocenters. The topological polar surface area (TPSA) is 42.0 Å². The average molecular weight is 340 g/mol. The molecule has 0 amide bonds. The van der Waals surface area contributed by atoms with Crippen LogP contribution in [0.2, 0.25) is 0 Å². The molecule has 0 aliphatic rings. The smallest absolute Gasteiger partial charge is 0.141 e. The van der Waals surface area contributed by atoms with Crippen LogP contribution in [0.1, 0.15) is 17.3 Å². The Hall–Kier alpha value is -2.53. The lowest BCUT2D eigenvalue weighted by molar-refractivity contribution is 0.618. The third kappa shape index (κ3) is 3.86. The number of anilines is 1. The van der Waals surface area contributed by atoms with Crippen molar-refractivity contribution in [3.05, 3.63) is 90.0 Å². The van der Waals surface area contributed by atoms with Gasteiger partial charge in [-0.15, -0.1) is 0 Å². The molecule has 0 aliphatic carbocycles. The molecule has 0 radical (unpaired) electrons. The molecule has 1 aromatic heterocycles. The molecule has 3 aromatic rings. The first-order valence-corrected chi connectivity index (χ1v) is 9.06. The molecule has 2 atom stereocenters. The van der Waals surface area contributed by atoms with E-state index >= 15 is 0 Å². The Morgan fingerprint density at radius 3 is 2.50 bits per heavy atom. The molecule has 0 saturated carbocycles. The molecule has 1 heterocycles. The number of nitrogens with zero attached hydrogens (tertiary/aromatic N) is 1. The van der Waals surface area contributed by atoms with Gasteiger partial charge in [-0.25, -0.2) is 4.39 Å². The van der Waals surface area contributed by atoms with E-state index in [0.717, 1.165) is 16.1 Å². The van der Waals surface area contributed by atoms with Crippen molar-refractivity contribution < 1.29 is 8.60 Å². The highest BCUT2D eigenvalue weighted by Crippen LogP contribution is 2.26. The summed E-state index contributed by atoms with van der Waals surface area (Å²) in [5.41, 5.74) is 2.56. The van der Waals surface area contributed by atoms with Gasteiger partial charge in [-0.3, -0.25) is 9.19 Å². The quantitative estimate of drug-likeness (QED) is 0.758. The Morgan fingerprint density at radius 2 is 1.83 bits per heavy atom. The van der Waals surface area contributed by atoms with Gasteiger partial charge in [0.2, 0.25) is 0 Å². The van der Waals surface area contributed by atoms with Gasteiger partial charge < -0.3 is 5.32 Å². The van der Waals surface area contributed by atoms with Crippen LogP contribution in [-0.4, -0.2) is 15.4 Å². The van der Waals surface area contributed by atoms with E-state index < -0.39 is 10.8 Å². The molecule has 0 saturated heterocycles. The molecule has 3 nitrogen and oxygen atoms in total. The highest BCUT2D eigenvalue weighted by Gasteiger charge is 2.15. The SMILES string of the molecule is C[S@](=O)c1cccc(N[C@@H](c2ccccc2)c2ccc(F)cn2)c1. The van der Waals surface area contributed by atoms with Crippen LogP contribution in [0.4, 0.5) is 10.1 Å². The maximum Gasteiger partial charge on any atom is 0.141 e. The van der Waals surface area contributed by atoms with Crippen LogP contribution in [-0.2, 0) is 10.8 Å². The zero-order chi connectivity index (χ0) is 16.9. The van der Waals surface area contributed by atoms with Crippen LogP contribution >= 0.6 is 0 Å². The number of hydrogen-bond acceptors (Lipinski definition) is 3. The second-order valence-electron chi connectivity index (χ2n) is 5.37. The van der Waals surface area contributed by atoms with Crippen molar-refractivity contribution in [1.29, 1.82) is 0 Å². The van der Waals surface area contributed by atoms with Gasteiger partial charge in [-0.1, -0.05) is 36.4 Å². The van der Waals surface area contributed by atoms with Crippen LogP contribution in [0.25, 0.3) is 0 Å². The maximum atomic E-state index is 13.2. The summed E-state index contributed by atoms with van der Waals surface area (Å²) in [4.78, 5) is 4.96. The maximum absolute atomic E-state index is 13.2. The van der Waals surface area contributed by atoms with Crippen LogP contribution in [0.15, 0.2) is 77.8 Å². The van der Waals surface area contributed by atoms with Gasteiger partial charge in [0.1, 0.15) is 5.82 Å². The monoisotopic (exact) mass is 340 g/mol. The van der Waals surface area contributed by atoms with E-state index in [0.29, 0.717) is 5.69 Å². The predicted molar refractivity (Wildman–Crippen MR) is 94.9 cm³/mol. The summed E-state index contributed by atoms with van der Waals surface area (Å²) in [6.45, 7) is 0. The first-order valence-electron chi connectivity index (χ1n) is 7.50. The molecule has 0 fully saturated rings. The summed E-state index contributed by atoms with van der Waals surface area (Å²) in [6.07, 6.45) is 2.86. The lowest BCUT2D eigenvalue weighted by Crippen LogP contribution is -2.14. The zero-order valence-electron chi connectivity index (χ0n) is 13.1. The highest BCUT2D eigenvalue weighted by molar-refractivity contribution is 7.84. The normalized spacial score (nSPS) is 13.2. The van der Waals surface area contributed by atoms with Gasteiger partial charge >= 0.3 is 0 Å². The summed E-state index contributed by atoms with van der Waals surface area (Å²) in [7, 11) is -1.05. The minimum atomic E-state index is -1.05. The molecule has 0 bridgehead atoms. The van der Waals surface area contributed by atoms with Crippen molar-refractivity contribution in [2.75, 3.05) is 11.6 Å². The summed E-state index contributed by atoms with van der Waals surface area (Å²) < 4.78 is 24.9. The summed E-state index contributed by atoms with van der Waals surface area (Å²) >= 11 is 0. The fourth-order valence-electron chi connectivity index (χ4n) is 2.46.